The van der Waals surface area contributed by atoms with Crippen molar-refractivity contribution in [2.45, 2.75) is 137 Å². The largest absolute Gasteiger partial charge is 0.444 e. The number of ether oxygens (including phenoxy) is 1. The highest BCUT2D eigenvalue weighted by molar-refractivity contribution is 5.92. The van der Waals surface area contributed by atoms with Gasteiger partial charge >= 0.3 is 6.09 Å². The van der Waals surface area contributed by atoms with Crippen LogP contribution in [0, 0.1) is 13.8 Å². The third-order valence-corrected chi connectivity index (χ3v) is 7.82. The summed E-state index contributed by atoms with van der Waals surface area (Å²) in [6.07, 6.45) is 7.69. The van der Waals surface area contributed by atoms with Gasteiger partial charge in [0, 0.05) is 19.0 Å². The number of carbonyl (C=O) groups is 3. The molecule has 2 aromatic carbocycles. The molecule has 0 radical (unpaired) electrons. The summed E-state index contributed by atoms with van der Waals surface area (Å²) in [7, 11) is 0. The molecule has 2 aromatic rings. The van der Waals surface area contributed by atoms with Gasteiger partial charge in [0.15, 0.2) is 0 Å². The second-order valence-electron chi connectivity index (χ2n) is 13.1. The fourth-order valence-electron chi connectivity index (χ4n) is 5.36. The summed E-state index contributed by atoms with van der Waals surface area (Å²) in [5.41, 5.74) is 3.13. The minimum Gasteiger partial charge on any atom is -0.444 e. The normalized spacial score (nSPS) is 13.5. The Balaban J connectivity index is 2.56. The Hall–Kier alpha value is -3.35. The molecule has 0 saturated carbocycles. The molecule has 0 spiro atoms. The van der Waals surface area contributed by atoms with Crippen molar-refractivity contribution in [3.63, 3.8) is 0 Å². The SMILES string of the molecule is CCCCCCCCN(C(=O)C(Cc1ccccc1)NC(=O)OC(C)(C)C)C(C(=O)NC(C)CCC)c1ccc(C)c(C)c1. The Morgan fingerprint density at radius 2 is 1.50 bits per heavy atom. The molecule has 2 rings (SSSR count). The fourth-order valence-corrected chi connectivity index (χ4v) is 5.36. The minimum atomic E-state index is -0.915. The number of nitrogens with one attached hydrogen (secondary N) is 2. The second kappa shape index (κ2) is 18.5. The van der Waals surface area contributed by atoms with Crippen LogP contribution in [0.25, 0.3) is 0 Å². The van der Waals surface area contributed by atoms with Gasteiger partial charge in [-0.15, -0.1) is 0 Å². The van der Waals surface area contributed by atoms with Crippen molar-refractivity contribution in [3.05, 3.63) is 70.8 Å². The molecule has 2 N–H and O–H groups in total. The maximum atomic E-state index is 14.7. The van der Waals surface area contributed by atoms with Crippen LogP contribution in [0.15, 0.2) is 48.5 Å². The average Bonchev–Trinajstić information content (AvgIpc) is 2.95. The maximum absolute atomic E-state index is 14.7. The molecule has 7 heteroatoms. The molecule has 0 bridgehead atoms. The number of carbonyl (C=O) groups excluding carboxylic acids is 3. The van der Waals surface area contributed by atoms with Crippen LogP contribution in [-0.2, 0) is 20.7 Å². The van der Waals surface area contributed by atoms with E-state index in [4.69, 9.17) is 4.74 Å². The Labute approximate surface area is 266 Å². The maximum Gasteiger partial charge on any atom is 0.408 e. The zero-order chi connectivity index (χ0) is 32.7. The van der Waals surface area contributed by atoms with Crippen molar-refractivity contribution in [3.8, 4) is 0 Å². The molecule has 0 aliphatic carbocycles. The van der Waals surface area contributed by atoms with Crippen LogP contribution < -0.4 is 10.6 Å². The topological polar surface area (TPSA) is 87.7 Å². The second-order valence-corrected chi connectivity index (χ2v) is 13.1. The van der Waals surface area contributed by atoms with Gasteiger partial charge in [-0.05, 0) is 76.6 Å². The molecule has 7 nitrogen and oxygen atoms in total. The highest BCUT2D eigenvalue weighted by atomic mass is 16.6. The first kappa shape index (κ1) is 36.8. The van der Waals surface area contributed by atoms with E-state index >= 15 is 0 Å². The lowest BCUT2D eigenvalue weighted by atomic mass is 9.96. The van der Waals surface area contributed by atoms with Gasteiger partial charge in [0.2, 0.25) is 11.8 Å². The minimum absolute atomic E-state index is 0.0347. The number of benzene rings is 2. The number of alkyl carbamates (subject to hydrolysis) is 1. The summed E-state index contributed by atoms with van der Waals surface area (Å²) in [5.74, 6) is -0.501. The number of hydrogen-bond donors (Lipinski definition) is 2. The molecule has 3 unspecified atom stereocenters. The van der Waals surface area contributed by atoms with E-state index in [-0.39, 0.29) is 24.3 Å². The molecular weight excluding hydrogens is 550 g/mol. The van der Waals surface area contributed by atoms with Crippen molar-refractivity contribution in [1.82, 2.24) is 15.5 Å². The Morgan fingerprint density at radius 1 is 0.841 bits per heavy atom. The summed E-state index contributed by atoms with van der Waals surface area (Å²) >= 11 is 0. The number of unbranched alkanes of at least 4 members (excludes halogenated alkanes) is 5. The van der Waals surface area contributed by atoms with Crippen molar-refractivity contribution >= 4 is 17.9 Å². The molecule has 244 valence electrons. The van der Waals surface area contributed by atoms with Crippen LogP contribution in [-0.4, -0.2) is 47.0 Å². The summed E-state index contributed by atoms with van der Waals surface area (Å²) < 4.78 is 5.57. The quantitative estimate of drug-likeness (QED) is 0.179. The Morgan fingerprint density at radius 3 is 2.11 bits per heavy atom. The van der Waals surface area contributed by atoms with Crippen molar-refractivity contribution in [1.29, 1.82) is 0 Å². The van der Waals surface area contributed by atoms with Crippen LogP contribution >= 0.6 is 0 Å². The van der Waals surface area contributed by atoms with Crippen molar-refractivity contribution in [2.75, 3.05) is 6.54 Å². The van der Waals surface area contributed by atoms with Crippen LogP contribution in [0.4, 0.5) is 4.79 Å². The van der Waals surface area contributed by atoms with Gasteiger partial charge in [-0.2, -0.15) is 0 Å². The number of rotatable bonds is 17. The third-order valence-electron chi connectivity index (χ3n) is 7.82. The van der Waals surface area contributed by atoms with Crippen LogP contribution in [0.5, 0.6) is 0 Å². The van der Waals surface area contributed by atoms with Gasteiger partial charge in [-0.3, -0.25) is 9.59 Å². The Kier molecular flexibility index (Phi) is 15.5. The smallest absolute Gasteiger partial charge is 0.408 e. The predicted octanol–water partition coefficient (Wildman–Crippen LogP) is 7.97. The summed E-state index contributed by atoms with van der Waals surface area (Å²) in [4.78, 5) is 43.5. The van der Waals surface area contributed by atoms with Crippen LogP contribution in [0.1, 0.15) is 121 Å². The van der Waals surface area contributed by atoms with E-state index in [1.54, 1.807) is 25.7 Å². The molecule has 0 aliphatic rings. The van der Waals surface area contributed by atoms with E-state index in [2.05, 4.69) is 24.5 Å². The molecule has 44 heavy (non-hydrogen) atoms. The molecule has 3 amide bonds. The fraction of sp³-hybridized carbons (Fsp3) is 0.595. The van der Waals surface area contributed by atoms with Crippen molar-refractivity contribution in [2.24, 2.45) is 0 Å². The highest BCUT2D eigenvalue weighted by Gasteiger charge is 2.36. The van der Waals surface area contributed by atoms with Gasteiger partial charge in [-0.25, -0.2) is 4.79 Å². The number of amides is 3. The molecule has 0 aliphatic heterocycles. The third kappa shape index (κ3) is 12.7. The Bertz CT molecular complexity index is 1180. The predicted molar refractivity (Wildman–Crippen MR) is 180 cm³/mol. The lowest BCUT2D eigenvalue weighted by Gasteiger charge is -2.35. The number of hydrogen-bond acceptors (Lipinski definition) is 4. The molecule has 0 aromatic heterocycles. The highest BCUT2D eigenvalue weighted by Crippen LogP contribution is 2.27. The molecule has 0 fully saturated rings. The lowest BCUT2D eigenvalue weighted by Crippen LogP contribution is -2.54. The van der Waals surface area contributed by atoms with E-state index in [9.17, 15) is 14.4 Å². The van der Waals surface area contributed by atoms with Gasteiger partial charge < -0.3 is 20.3 Å². The van der Waals surface area contributed by atoms with Gasteiger partial charge in [0.1, 0.15) is 17.7 Å². The van der Waals surface area contributed by atoms with Crippen LogP contribution in [0.3, 0.4) is 0 Å². The van der Waals surface area contributed by atoms with E-state index < -0.39 is 23.8 Å². The van der Waals surface area contributed by atoms with E-state index in [0.29, 0.717) is 6.54 Å². The summed E-state index contributed by atoms with van der Waals surface area (Å²) in [6, 6.07) is 13.8. The van der Waals surface area contributed by atoms with Crippen LogP contribution in [0.2, 0.25) is 0 Å². The monoisotopic (exact) mass is 607 g/mol. The zero-order valence-electron chi connectivity index (χ0n) is 28.5. The van der Waals surface area contributed by atoms with E-state index in [0.717, 1.165) is 67.2 Å². The molecular formula is C37H57N3O4. The zero-order valence-corrected chi connectivity index (χ0v) is 28.5. The van der Waals surface area contributed by atoms with E-state index in [1.165, 1.54) is 6.42 Å². The van der Waals surface area contributed by atoms with Crippen molar-refractivity contribution < 1.29 is 19.1 Å². The summed E-state index contributed by atoms with van der Waals surface area (Å²) in [5, 5.41) is 6.05. The molecule has 0 saturated heterocycles. The molecule has 3 atom stereocenters. The standard InChI is InChI=1S/C37H57N3O4/c1-9-11-12-13-14-18-24-40(33(34(41)38-29(5)19-10-2)31-23-22-27(3)28(4)25-31)35(42)32(26-30-20-16-15-17-21-30)39-36(43)44-37(6,7)8/h15-17,20-23,25,29,32-33H,9-14,18-19,24,26H2,1-8H3,(H,38,41)(H,39,43). The summed E-state index contributed by atoms with van der Waals surface area (Å²) in [6.45, 7) is 16.1. The first-order chi connectivity index (χ1) is 20.9. The first-order valence-corrected chi connectivity index (χ1v) is 16.6. The first-order valence-electron chi connectivity index (χ1n) is 16.6. The number of nitrogens with zero attached hydrogens (tertiary/aromatic N) is 1. The van der Waals surface area contributed by atoms with Gasteiger partial charge in [0.25, 0.3) is 0 Å². The van der Waals surface area contributed by atoms with Gasteiger partial charge in [-0.1, -0.05) is 101 Å². The lowest BCUT2D eigenvalue weighted by molar-refractivity contribution is -0.142. The van der Waals surface area contributed by atoms with E-state index in [1.807, 2.05) is 69.3 Å². The van der Waals surface area contributed by atoms with Gasteiger partial charge in [0.05, 0.1) is 0 Å². The molecule has 0 heterocycles. The number of aryl methyl sites for hydroxylation is 2. The average molecular weight is 608 g/mol.